The average molecular weight is 446 g/mol. The van der Waals surface area contributed by atoms with Gasteiger partial charge in [0, 0.05) is 11.4 Å². The van der Waals surface area contributed by atoms with Crippen LogP contribution in [0.25, 0.3) is 0 Å². The second-order valence-corrected chi connectivity index (χ2v) is 8.44. The number of hydrogen-bond donors (Lipinski definition) is 3. The highest BCUT2D eigenvalue weighted by molar-refractivity contribution is 7.14. The normalized spacial score (nSPS) is 18.3. The minimum absolute atomic E-state index is 0.0182. The molecule has 3 heterocycles. The monoisotopic (exact) mass is 445 g/mol. The Balaban J connectivity index is 1.81. The Labute approximate surface area is 182 Å². The van der Waals surface area contributed by atoms with E-state index in [1.807, 2.05) is 6.92 Å². The number of rotatable bonds is 5. The van der Waals surface area contributed by atoms with Crippen LogP contribution in [0.15, 0.2) is 24.4 Å². The van der Waals surface area contributed by atoms with Gasteiger partial charge in [0.2, 0.25) is 5.88 Å². The van der Waals surface area contributed by atoms with E-state index in [-0.39, 0.29) is 29.1 Å². The number of carbonyl (C=O) groups is 4. The maximum absolute atomic E-state index is 13.0. The standard InChI is InChI=1S/C20H23N5O5S/c1-10-3-4-13(14-5-6-15(31-14)17(22)27)25(9-10)20(29)18(28)24-11-7-12(16(21)26)19(30-2)23-8-11/h5-8,10,13H,3-4,9H2,1-2H3,(H2,21,26)(H2,22,27)(H,24,28)/t10-,13?/m0/s1. The summed E-state index contributed by atoms with van der Waals surface area (Å²) in [5.74, 6) is -2.67. The second-order valence-electron chi connectivity index (χ2n) is 7.32. The first-order chi connectivity index (χ1) is 14.7. The Morgan fingerprint density at radius 2 is 1.94 bits per heavy atom. The highest BCUT2D eigenvalue weighted by Crippen LogP contribution is 2.37. The van der Waals surface area contributed by atoms with Crippen LogP contribution in [-0.4, -0.2) is 47.2 Å². The van der Waals surface area contributed by atoms with E-state index in [0.717, 1.165) is 11.3 Å². The van der Waals surface area contributed by atoms with Crippen molar-refractivity contribution in [2.45, 2.75) is 25.8 Å². The molecule has 1 aliphatic heterocycles. The predicted molar refractivity (Wildman–Crippen MR) is 114 cm³/mol. The number of nitrogens with two attached hydrogens (primary N) is 2. The largest absolute Gasteiger partial charge is 0.480 e. The molecule has 0 aromatic carbocycles. The summed E-state index contributed by atoms with van der Waals surface area (Å²) in [7, 11) is 1.34. The number of likely N-dealkylation sites (tertiary alicyclic amines) is 1. The number of carbonyl (C=O) groups excluding carboxylic acids is 4. The van der Waals surface area contributed by atoms with Crippen LogP contribution in [0.2, 0.25) is 0 Å². The van der Waals surface area contributed by atoms with E-state index in [0.29, 0.717) is 17.8 Å². The number of aromatic nitrogens is 1. The molecular weight excluding hydrogens is 422 g/mol. The second kappa shape index (κ2) is 9.13. The number of piperidine rings is 1. The lowest BCUT2D eigenvalue weighted by Gasteiger charge is -2.37. The number of pyridine rings is 1. The van der Waals surface area contributed by atoms with E-state index >= 15 is 0 Å². The highest BCUT2D eigenvalue weighted by atomic mass is 32.1. The van der Waals surface area contributed by atoms with E-state index in [4.69, 9.17) is 16.2 Å². The molecule has 31 heavy (non-hydrogen) atoms. The zero-order valence-corrected chi connectivity index (χ0v) is 17.9. The Morgan fingerprint density at radius 1 is 1.19 bits per heavy atom. The molecule has 11 heteroatoms. The fourth-order valence-electron chi connectivity index (χ4n) is 3.51. The van der Waals surface area contributed by atoms with Crippen molar-refractivity contribution in [1.29, 1.82) is 0 Å². The molecule has 0 bridgehead atoms. The molecule has 4 amide bonds. The first kappa shape index (κ1) is 22.2. The van der Waals surface area contributed by atoms with Gasteiger partial charge in [-0.15, -0.1) is 11.3 Å². The number of nitrogens with one attached hydrogen (secondary N) is 1. The molecule has 164 valence electrons. The predicted octanol–water partition coefficient (Wildman–Crippen LogP) is 1.29. The molecule has 5 N–H and O–H groups in total. The van der Waals surface area contributed by atoms with E-state index in [9.17, 15) is 19.2 Å². The number of primary amides is 2. The summed E-state index contributed by atoms with van der Waals surface area (Å²) in [6.07, 6.45) is 2.81. The van der Waals surface area contributed by atoms with Gasteiger partial charge in [-0.05, 0) is 37.0 Å². The van der Waals surface area contributed by atoms with Gasteiger partial charge in [0.1, 0.15) is 5.56 Å². The maximum atomic E-state index is 13.0. The van der Waals surface area contributed by atoms with Gasteiger partial charge in [-0.2, -0.15) is 0 Å². The van der Waals surface area contributed by atoms with Crippen LogP contribution in [0.4, 0.5) is 5.69 Å². The molecular formula is C20H23N5O5S. The fourth-order valence-corrected chi connectivity index (χ4v) is 4.52. The van der Waals surface area contributed by atoms with Crippen molar-refractivity contribution >= 4 is 40.7 Å². The quantitative estimate of drug-likeness (QED) is 0.588. The Hall–Kier alpha value is -3.47. The lowest BCUT2D eigenvalue weighted by Crippen LogP contribution is -2.46. The maximum Gasteiger partial charge on any atom is 0.313 e. The Bertz CT molecular complexity index is 1040. The first-order valence-electron chi connectivity index (χ1n) is 9.56. The number of nitrogens with zero attached hydrogens (tertiary/aromatic N) is 2. The molecule has 10 nitrogen and oxygen atoms in total. The van der Waals surface area contributed by atoms with Crippen LogP contribution >= 0.6 is 11.3 Å². The Morgan fingerprint density at radius 3 is 2.55 bits per heavy atom. The van der Waals surface area contributed by atoms with Gasteiger partial charge in [-0.3, -0.25) is 19.2 Å². The third-order valence-corrected chi connectivity index (χ3v) is 6.24. The summed E-state index contributed by atoms with van der Waals surface area (Å²) < 4.78 is 4.97. The van der Waals surface area contributed by atoms with Crippen LogP contribution in [0.1, 0.15) is 50.7 Å². The Kier molecular flexibility index (Phi) is 6.54. The van der Waals surface area contributed by atoms with Gasteiger partial charge < -0.3 is 26.4 Å². The molecule has 0 aliphatic carbocycles. The van der Waals surface area contributed by atoms with Crippen molar-refractivity contribution < 1.29 is 23.9 Å². The third kappa shape index (κ3) is 4.82. The molecule has 2 aromatic heterocycles. The fraction of sp³-hybridized carbons (Fsp3) is 0.350. The third-order valence-electron chi connectivity index (χ3n) is 5.04. The smallest absolute Gasteiger partial charge is 0.313 e. The summed E-state index contributed by atoms with van der Waals surface area (Å²) in [5, 5.41) is 2.47. The minimum atomic E-state index is -0.867. The zero-order valence-electron chi connectivity index (χ0n) is 17.1. The number of ether oxygens (including phenoxy) is 1. The van der Waals surface area contributed by atoms with Crippen molar-refractivity contribution in [3.05, 3.63) is 39.7 Å². The first-order valence-corrected chi connectivity index (χ1v) is 10.4. The molecule has 1 fully saturated rings. The van der Waals surface area contributed by atoms with Crippen LogP contribution in [0.3, 0.4) is 0 Å². The molecule has 1 unspecified atom stereocenters. The summed E-state index contributed by atoms with van der Waals surface area (Å²) >= 11 is 1.22. The summed E-state index contributed by atoms with van der Waals surface area (Å²) in [6, 6.07) is 4.35. The average Bonchev–Trinajstić information content (AvgIpc) is 3.23. The molecule has 2 atom stereocenters. The van der Waals surface area contributed by atoms with Crippen molar-refractivity contribution in [2.75, 3.05) is 19.0 Å². The molecule has 0 radical (unpaired) electrons. The minimum Gasteiger partial charge on any atom is -0.480 e. The molecule has 3 rings (SSSR count). The summed E-state index contributed by atoms with van der Waals surface area (Å²) in [6.45, 7) is 2.40. The zero-order chi connectivity index (χ0) is 22.7. The van der Waals surface area contributed by atoms with Crippen LogP contribution in [0, 0.1) is 5.92 Å². The highest BCUT2D eigenvalue weighted by Gasteiger charge is 2.35. The summed E-state index contributed by atoms with van der Waals surface area (Å²) in [5.41, 5.74) is 10.8. The molecule has 1 saturated heterocycles. The molecule has 0 saturated carbocycles. The number of anilines is 1. The molecule has 2 aromatic rings. The lowest BCUT2D eigenvalue weighted by atomic mass is 9.93. The van der Waals surface area contributed by atoms with Crippen molar-refractivity contribution in [3.63, 3.8) is 0 Å². The number of hydrogen-bond acceptors (Lipinski definition) is 7. The van der Waals surface area contributed by atoms with Gasteiger partial charge >= 0.3 is 11.8 Å². The van der Waals surface area contributed by atoms with Gasteiger partial charge in [0.15, 0.2) is 0 Å². The van der Waals surface area contributed by atoms with Crippen molar-refractivity contribution in [2.24, 2.45) is 17.4 Å². The van der Waals surface area contributed by atoms with Gasteiger partial charge in [0.25, 0.3) is 11.8 Å². The van der Waals surface area contributed by atoms with E-state index in [1.165, 1.54) is 35.6 Å². The number of thiophene rings is 1. The van der Waals surface area contributed by atoms with Gasteiger partial charge in [-0.1, -0.05) is 6.92 Å². The topological polar surface area (TPSA) is 158 Å². The lowest BCUT2D eigenvalue weighted by molar-refractivity contribution is -0.146. The molecule has 0 spiro atoms. The van der Waals surface area contributed by atoms with Crippen molar-refractivity contribution in [3.8, 4) is 5.88 Å². The van der Waals surface area contributed by atoms with E-state index in [2.05, 4.69) is 10.3 Å². The summed E-state index contributed by atoms with van der Waals surface area (Å²) in [4.78, 5) is 55.3. The van der Waals surface area contributed by atoms with Crippen LogP contribution in [0.5, 0.6) is 5.88 Å². The van der Waals surface area contributed by atoms with Crippen molar-refractivity contribution in [1.82, 2.24) is 9.88 Å². The number of methoxy groups -OCH3 is 1. The SMILES string of the molecule is COc1ncc(NC(=O)C(=O)N2C[C@@H](C)CCC2c2ccc(C(N)=O)s2)cc1C(N)=O. The van der Waals surface area contributed by atoms with Gasteiger partial charge in [0.05, 0.1) is 29.9 Å². The number of amides is 4. The van der Waals surface area contributed by atoms with Crippen LogP contribution < -0.4 is 21.5 Å². The van der Waals surface area contributed by atoms with E-state index in [1.54, 1.807) is 12.1 Å². The van der Waals surface area contributed by atoms with Gasteiger partial charge in [-0.25, -0.2) is 4.98 Å². The van der Waals surface area contributed by atoms with Crippen LogP contribution in [-0.2, 0) is 9.59 Å². The van der Waals surface area contributed by atoms with E-state index < -0.39 is 23.6 Å². The molecule has 1 aliphatic rings.